The molecule has 0 radical (unpaired) electrons. The fraction of sp³-hybridized carbons (Fsp3) is 0.303. The molecule has 1 aliphatic heterocycles. The highest BCUT2D eigenvalue weighted by atomic mass is 35.5. The van der Waals surface area contributed by atoms with Crippen LogP contribution in [0.3, 0.4) is 0 Å². The number of anilines is 3. The molecule has 8 nitrogen and oxygen atoms in total. The zero-order chi connectivity index (χ0) is 31.0. The summed E-state index contributed by atoms with van der Waals surface area (Å²) in [6, 6.07) is 21.4. The van der Waals surface area contributed by atoms with E-state index in [4.69, 9.17) is 16.3 Å². The molecule has 1 fully saturated rings. The first-order chi connectivity index (χ1) is 20.5. The van der Waals surface area contributed by atoms with E-state index in [1.165, 1.54) is 6.08 Å². The second kappa shape index (κ2) is 14.3. The number of rotatable bonds is 9. The summed E-state index contributed by atoms with van der Waals surface area (Å²) in [6.07, 6.45) is 2.46. The molecule has 3 amide bonds. The normalized spacial score (nSPS) is 17.0. The smallest absolute Gasteiger partial charge is 0.412 e. The van der Waals surface area contributed by atoms with Gasteiger partial charge in [-0.25, -0.2) is 9.18 Å². The van der Waals surface area contributed by atoms with Crippen LogP contribution in [0.25, 0.3) is 6.08 Å². The predicted octanol–water partition coefficient (Wildman–Crippen LogP) is 6.96. The molecular formula is C33H36ClFN4O4. The molecule has 1 saturated heterocycles. The zero-order valence-corrected chi connectivity index (χ0v) is 25.2. The maximum atomic E-state index is 13.2. The molecule has 0 bridgehead atoms. The van der Waals surface area contributed by atoms with Crippen molar-refractivity contribution in [3.63, 3.8) is 0 Å². The largest absolute Gasteiger partial charge is 0.444 e. The molecular weight excluding hydrogens is 571 g/mol. The molecule has 2 atom stereocenters. The van der Waals surface area contributed by atoms with Gasteiger partial charge in [-0.1, -0.05) is 48.0 Å². The van der Waals surface area contributed by atoms with Crippen molar-refractivity contribution in [2.45, 2.75) is 32.3 Å². The Morgan fingerprint density at radius 3 is 2.21 bits per heavy atom. The number of ether oxygens (including phenoxy) is 1. The van der Waals surface area contributed by atoms with E-state index in [-0.39, 0.29) is 30.2 Å². The van der Waals surface area contributed by atoms with E-state index in [1.807, 2.05) is 29.2 Å². The van der Waals surface area contributed by atoms with Crippen LogP contribution >= 0.6 is 11.6 Å². The third-order valence-electron chi connectivity index (χ3n) is 6.86. The lowest BCUT2D eigenvalue weighted by atomic mass is 9.88. The van der Waals surface area contributed by atoms with E-state index < -0.39 is 18.4 Å². The number of carbonyl (C=O) groups excluding carboxylic acids is 3. The molecule has 3 aromatic carbocycles. The van der Waals surface area contributed by atoms with E-state index in [2.05, 4.69) is 16.0 Å². The van der Waals surface area contributed by atoms with Gasteiger partial charge in [-0.15, -0.1) is 0 Å². The first kappa shape index (κ1) is 31.7. The van der Waals surface area contributed by atoms with E-state index in [0.717, 1.165) is 11.1 Å². The number of hydrogen-bond acceptors (Lipinski definition) is 5. The van der Waals surface area contributed by atoms with Crippen molar-refractivity contribution in [2.24, 2.45) is 5.92 Å². The predicted molar refractivity (Wildman–Crippen MR) is 169 cm³/mol. The van der Waals surface area contributed by atoms with Crippen LogP contribution in [0, 0.1) is 5.92 Å². The summed E-state index contributed by atoms with van der Waals surface area (Å²) < 4.78 is 18.4. The Kier molecular flexibility index (Phi) is 10.6. The molecule has 3 N–H and O–H groups in total. The number of carbonyl (C=O) groups is 3. The van der Waals surface area contributed by atoms with Crippen LogP contribution < -0.4 is 16.0 Å². The van der Waals surface area contributed by atoms with Crippen molar-refractivity contribution in [1.29, 1.82) is 0 Å². The second-order valence-corrected chi connectivity index (χ2v) is 11.8. The van der Waals surface area contributed by atoms with Gasteiger partial charge >= 0.3 is 6.09 Å². The standard InChI is InChI=1S/C33H36ClFN4O4/c1-33(2,3)43-32(42)38-29-7-5-4-6-28(29)37-30(40)17-10-22-8-11-23(12-9-22)26-20-39(19-18-35)21-27(26)31(41)36-25-15-13-24(34)14-16-25/h4-17,26-27H,18-21H2,1-3H3,(H,36,41)(H,37,40)(H,38,42)/b17-10+/t26-,27+/m1/s1. The number of halogens is 2. The first-order valence-electron chi connectivity index (χ1n) is 14.0. The molecule has 1 aliphatic rings. The van der Waals surface area contributed by atoms with Gasteiger partial charge in [0.05, 0.1) is 17.3 Å². The van der Waals surface area contributed by atoms with Gasteiger partial charge in [0, 0.05) is 42.3 Å². The Labute approximate surface area is 256 Å². The first-order valence-corrected chi connectivity index (χ1v) is 14.4. The van der Waals surface area contributed by atoms with Crippen LogP contribution in [0.5, 0.6) is 0 Å². The summed E-state index contributed by atoms with van der Waals surface area (Å²) in [7, 11) is 0. The minimum atomic E-state index is -0.656. The summed E-state index contributed by atoms with van der Waals surface area (Å²) >= 11 is 5.96. The number of hydrogen-bond donors (Lipinski definition) is 3. The third-order valence-corrected chi connectivity index (χ3v) is 7.11. The van der Waals surface area contributed by atoms with Crippen LogP contribution in [0.2, 0.25) is 5.02 Å². The molecule has 43 heavy (non-hydrogen) atoms. The van der Waals surface area contributed by atoms with Crippen LogP contribution in [0.4, 0.5) is 26.2 Å². The van der Waals surface area contributed by atoms with E-state index in [1.54, 1.807) is 75.4 Å². The van der Waals surface area contributed by atoms with Gasteiger partial charge in [-0.05, 0) is 74.4 Å². The molecule has 3 aromatic rings. The minimum absolute atomic E-state index is 0.117. The van der Waals surface area contributed by atoms with Gasteiger partial charge in [-0.2, -0.15) is 0 Å². The van der Waals surface area contributed by atoms with Gasteiger partial charge < -0.3 is 15.4 Å². The average molecular weight is 607 g/mol. The highest BCUT2D eigenvalue weighted by Crippen LogP contribution is 2.34. The molecule has 0 aliphatic carbocycles. The highest BCUT2D eigenvalue weighted by Gasteiger charge is 2.38. The van der Waals surface area contributed by atoms with E-state index in [0.29, 0.717) is 35.2 Å². The molecule has 1 heterocycles. The monoisotopic (exact) mass is 606 g/mol. The maximum Gasteiger partial charge on any atom is 0.412 e. The number of nitrogens with one attached hydrogen (secondary N) is 3. The van der Waals surface area contributed by atoms with Crippen molar-refractivity contribution < 1.29 is 23.5 Å². The van der Waals surface area contributed by atoms with Gasteiger partial charge in [0.2, 0.25) is 11.8 Å². The third kappa shape index (κ3) is 9.39. The van der Waals surface area contributed by atoms with E-state index >= 15 is 0 Å². The molecule has 0 aromatic heterocycles. The fourth-order valence-electron chi connectivity index (χ4n) is 4.87. The van der Waals surface area contributed by atoms with Gasteiger partial charge in [0.25, 0.3) is 0 Å². The van der Waals surface area contributed by atoms with Crippen molar-refractivity contribution in [2.75, 3.05) is 42.3 Å². The quantitative estimate of drug-likeness (QED) is 0.229. The molecule has 10 heteroatoms. The Balaban J connectivity index is 1.40. The Morgan fingerprint density at radius 1 is 0.930 bits per heavy atom. The number of amides is 3. The van der Waals surface area contributed by atoms with Crippen LogP contribution in [0.15, 0.2) is 78.9 Å². The number of nitrogens with zero attached hydrogens (tertiary/aromatic N) is 1. The van der Waals surface area contributed by atoms with Crippen LogP contribution in [-0.2, 0) is 14.3 Å². The lowest BCUT2D eigenvalue weighted by Crippen LogP contribution is -2.29. The Bertz CT molecular complexity index is 1450. The van der Waals surface area contributed by atoms with Crippen molar-refractivity contribution in [1.82, 2.24) is 4.90 Å². The topological polar surface area (TPSA) is 99.8 Å². The Morgan fingerprint density at radius 2 is 1.58 bits per heavy atom. The van der Waals surface area contributed by atoms with Gasteiger partial charge in [-0.3, -0.25) is 19.8 Å². The summed E-state index contributed by atoms with van der Waals surface area (Å²) in [4.78, 5) is 40.1. The molecule has 0 unspecified atom stereocenters. The van der Waals surface area contributed by atoms with Crippen molar-refractivity contribution in [3.05, 3.63) is 95.0 Å². The summed E-state index contributed by atoms with van der Waals surface area (Å²) in [6.45, 7) is 6.12. The van der Waals surface area contributed by atoms with Gasteiger partial charge in [0.1, 0.15) is 12.3 Å². The SMILES string of the molecule is CC(C)(C)OC(=O)Nc1ccccc1NC(=O)/C=C/c1ccc([C@H]2CN(CCF)C[C@@H]2C(=O)Nc2ccc(Cl)cc2)cc1. The van der Waals surface area contributed by atoms with Crippen LogP contribution in [-0.4, -0.2) is 54.7 Å². The molecule has 226 valence electrons. The number of benzene rings is 3. The molecule has 0 saturated carbocycles. The maximum absolute atomic E-state index is 13.2. The fourth-order valence-corrected chi connectivity index (χ4v) is 5.00. The summed E-state index contributed by atoms with van der Waals surface area (Å²) in [5, 5.41) is 8.98. The molecule has 4 rings (SSSR count). The number of alkyl halides is 1. The zero-order valence-electron chi connectivity index (χ0n) is 24.4. The van der Waals surface area contributed by atoms with Gasteiger partial charge in [0.15, 0.2) is 0 Å². The summed E-state index contributed by atoms with van der Waals surface area (Å²) in [5.41, 5.74) is 2.59. The minimum Gasteiger partial charge on any atom is -0.444 e. The van der Waals surface area contributed by atoms with Crippen molar-refractivity contribution in [3.8, 4) is 0 Å². The molecule has 0 spiro atoms. The summed E-state index contributed by atoms with van der Waals surface area (Å²) in [5.74, 6) is -0.979. The number of likely N-dealkylation sites (tertiary alicyclic amines) is 1. The number of para-hydroxylation sites is 2. The Hall–Kier alpha value is -4.21. The average Bonchev–Trinajstić information content (AvgIpc) is 3.38. The van der Waals surface area contributed by atoms with Crippen LogP contribution in [0.1, 0.15) is 37.8 Å². The lowest BCUT2D eigenvalue weighted by Gasteiger charge is -2.20. The lowest BCUT2D eigenvalue weighted by molar-refractivity contribution is -0.120. The van der Waals surface area contributed by atoms with E-state index in [9.17, 15) is 18.8 Å². The second-order valence-electron chi connectivity index (χ2n) is 11.3. The highest BCUT2D eigenvalue weighted by molar-refractivity contribution is 6.30. The van der Waals surface area contributed by atoms with Crippen molar-refractivity contribution >= 4 is 52.6 Å².